The predicted octanol–water partition coefficient (Wildman–Crippen LogP) is 2.63. The number of rotatable bonds is 8. The topological polar surface area (TPSA) is 62.5 Å². The van der Waals surface area contributed by atoms with E-state index in [0.717, 1.165) is 0 Å². The van der Waals surface area contributed by atoms with E-state index in [1.807, 2.05) is 6.92 Å². The van der Waals surface area contributed by atoms with Gasteiger partial charge in [-0.15, -0.1) is 0 Å². The first-order valence-corrected chi connectivity index (χ1v) is 6.98. The number of thioether (sulfide) groups is 1. The molecule has 7 heteroatoms. The maximum atomic E-state index is 12.0. The Labute approximate surface area is 114 Å². The Morgan fingerprint density at radius 3 is 2.89 bits per heavy atom. The van der Waals surface area contributed by atoms with Gasteiger partial charge in [0.05, 0.1) is 5.75 Å². The molecule has 1 aromatic heterocycles. The summed E-state index contributed by atoms with van der Waals surface area (Å²) >= 11 is 0.448. The summed E-state index contributed by atoms with van der Waals surface area (Å²) in [5.74, 6) is -2.34. The quantitative estimate of drug-likeness (QED) is 0.773. The van der Waals surface area contributed by atoms with Gasteiger partial charge < -0.3 is 14.8 Å². The SMILES string of the molecule is CC(CCCO)NC(=O)c1ccc(CSC(F)F)o1. The number of furan rings is 1. The first-order chi connectivity index (χ1) is 9.02. The molecule has 0 saturated carbocycles. The Morgan fingerprint density at radius 1 is 1.53 bits per heavy atom. The lowest BCUT2D eigenvalue weighted by molar-refractivity contribution is 0.0907. The van der Waals surface area contributed by atoms with Gasteiger partial charge in [-0.1, -0.05) is 11.8 Å². The highest BCUT2D eigenvalue weighted by molar-refractivity contribution is 7.98. The molecule has 1 atom stereocenters. The van der Waals surface area contributed by atoms with Crippen molar-refractivity contribution < 1.29 is 23.1 Å². The van der Waals surface area contributed by atoms with Crippen LogP contribution in [-0.2, 0) is 5.75 Å². The van der Waals surface area contributed by atoms with E-state index >= 15 is 0 Å². The summed E-state index contributed by atoms with van der Waals surface area (Å²) in [7, 11) is 0. The van der Waals surface area contributed by atoms with Crippen molar-refractivity contribution in [3.8, 4) is 0 Å². The second kappa shape index (κ2) is 8.16. The van der Waals surface area contributed by atoms with Crippen LogP contribution < -0.4 is 5.32 Å². The van der Waals surface area contributed by atoms with Gasteiger partial charge in [0, 0.05) is 12.6 Å². The Kier molecular flexibility index (Phi) is 6.86. The summed E-state index contributed by atoms with van der Waals surface area (Å²) < 4.78 is 29.2. The molecule has 1 heterocycles. The highest BCUT2D eigenvalue weighted by Crippen LogP contribution is 2.21. The van der Waals surface area contributed by atoms with Gasteiger partial charge in [0.15, 0.2) is 5.76 Å². The Morgan fingerprint density at radius 2 is 2.26 bits per heavy atom. The fourth-order valence-corrected chi connectivity index (χ4v) is 1.93. The molecule has 0 spiro atoms. The van der Waals surface area contributed by atoms with Crippen LogP contribution in [0.25, 0.3) is 0 Å². The minimum atomic E-state index is -2.46. The van der Waals surface area contributed by atoms with E-state index in [1.165, 1.54) is 12.1 Å². The third-order valence-electron chi connectivity index (χ3n) is 2.41. The lowest BCUT2D eigenvalue weighted by Gasteiger charge is -2.11. The molecule has 0 aliphatic rings. The predicted molar refractivity (Wildman–Crippen MR) is 69.3 cm³/mol. The largest absolute Gasteiger partial charge is 0.455 e. The van der Waals surface area contributed by atoms with Crippen LogP contribution in [0.15, 0.2) is 16.5 Å². The standard InChI is InChI=1S/C12H17F2NO3S/c1-8(3-2-6-16)15-11(17)10-5-4-9(18-10)7-19-12(13)14/h4-5,8,12,16H,2-3,6-7H2,1H3,(H,15,17). The van der Waals surface area contributed by atoms with E-state index in [1.54, 1.807) is 0 Å². The van der Waals surface area contributed by atoms with Crippen molar-refractivity contribution >= 4 is 17.7 Å². The van der Waals surface area contributed by atoms with E-state index in [4.69, 9.17) is 9.52 Å². The highest BCUT2D eigenvalue weighted by atomic mass is 32.2. The monoisotopic (exact) mass is 293 g/mol. The third kappa shape index (κ3) is 6.07. The summed E-state index contributed by atoms with van der Waals surface area (Å²) in [5.41, 5.74) is 0. The molecule has 1 unspecified atom stereocenters. The minimum Gasteiger partial charge on any atom is -0.455 e. The summed E-state index contributed by atoms with van der Waals surface area (Å²) in [5, 5.41) is 11.4. The molecule has 0 radical (unpaired) electrons. The van der Waals surface area contributed by atoms with Crippen LogP contribution in [0, 0.1) is 0 Å². The molecule has 0 aromatic carbocycles. The summed E-state index contributed by atoms with van der Waals surface area (Å²) in [6, 6.07) is 2.90. The first kappa shape index (κ1) is 16.0. The zero-order chi connectivity index (χ0) is 14.3. The molecule has 0 aliphatic heterocycles. The number of alkyl halides is 2. The average Bonchev–Trinajstić information content (AvgIpc) is 2.82. The molecular formula is C12H17F2NO3S. The molecular weight excluding hydrogens is 276 g/mol. The van der Waals surface area contributed by atoms with Gasteiger partial charge in [-0.3, -0.25) is 4.79 Å². The van der Waals surface area contributed by atoms with Gasteiger partial charge in [-0.25, -0.2) is 0 Å². The Bertz CT molecular complexity index is 398. The van der Waals surface area contributed by atoms with Crippen LogP contribution in [0.3, 0.4) is 0 Å². The second-order valence-electron chi connectivity index (χ2n) is 4.08. The van der Waals surface area contributed by atoms with Crippen molar-refractivity contribution in [2.75, 3.05) is 6.61 Å². The van der Waals surface area contributed by atoms with Crippen molar-refractivity contribution in [2.45, 2.75) is 37.3 Å². The van der Waals surface area contributed by atoms with Crippen LogP contribution in [0.1, 0.15) is 36.1 Å². The van der Waals surface area contributed by atoms with Gasteiger partial charge in [0.25, 0.3) is 11.7 Å². The minimum absolute atomic E-state index is 0.0328. The number of halogens is 2. The zero-order valence-electron chi connectivity index (χ0n) is 10.6. The van der Waals surface area contributed by atoms with Crippen LogP contribution in [0.2, 0.25) is 0 Å². The van der Waals surface area contributed by atoms with Crippen LogP contribution >= 0.6 is 11.8 Å². The second-order valence-corrected chi connectivity index (χ2v) is 5.06. The molecule has 0 bridgehead atoms. The average molecular weight is 293 g/mol. The van der Waals surface area contributed by atoms with Crippen molar-refractivity contribution in [1.29, 1.82) is 0 Å². The molecule has 0 fully saturated rings. The van der Waals surface area contributed by atoms with Gasteiger partial charge in [-0.2, -0.15) is 8.78 Å². The summed E-state index contributed by atoms with van der Waals surface area (Å²) in [6.45, 7) is 1.90. The van der Waals surface area contributed by atoms with Crippen molar-refractivity contribution in [2.24, 2.45) is 0 Å². The number of aliphatic hydroxyl groups is 1. The molecule has 0 aliphatic carbocycles. The normalized spacial score (nSPS) is 12.7. The lowest BCUT2D eigenvalue weighted by atomic mass is 10.2. The van der Waals surface area contributed by atoms with Gasteiger partial charge >= 0.3 is 0 Å². The van der Waals surface area contributed by atoms with E-state index in [2.05, 4.69) is 5.32 Å². The molecule has 108 valence electrons. The molecule has 4 nitrogen and oxygen atoms in total. The fraction of sp³-hybridized carbons (Fsp3) is 0.583. The van der Waals surface area contributed by atoms with Crippen LogP contribution in [0.5, 0.6) is 0 Å². The number of nitrogens with one attached hydrogen (secondary N) is 1. The number of carbonyl (C=O) groups is 1. The number of hydrogen-bond donors (Lipinski definition) is 2. The fourth-order valence-electron chi connectivity index (χ4n) is 1.49. The van der Waals surface area contributed by atoms with Crippen molar-refractivity contribution in [3.05, 3.63) is 23.7 Å². The number of carbonyl (C=O) groups excluding carboxylic acids is 1. The first-order valence-electron chi connectivity index (χ1n) is 5.93. The van der Waals surface area contributed by atoms with E-state index in [0.29, 0.717) is 30.4 Å². The van der Waals surface area contributed by atoms with E-state index in [9.17, 15) is 13.6 Å². The molecule has 0 saturated heterocycles. The number of aliphatic hydroxyl groups excluding tert-OH is 1. The highest BCUT2D eigenvalue weighted by Gasteiger charge is 2.14. The van der Waals surface area contributed by atoms with E-state index in [-0.39, 0.29) is 30.1 Å². The smallest absolute Gasteiger partial charge is 0.287 e. The van der Waals surface area contributed by atoms with Gasteiger partial charge in [-0.05, 0) is 31.9 Å². The molecule has 2 N–H and O–H groups in total. The van der Waals surface area contributed by atoms with Gasteiger partial charge in [0.2, 0.25) is 0 Å². The third-order valence-corrected chi connectivity index (χ3v) is 3.11. The maximum Gasteiger partial charge on any atom is 0.287 e. The Hall–Kier alpha value is -1.08. The number of amides is 1. The lowest BCUT2D eigenvalue weighted by Crippen LogP contribution is -2.32. The molecule has 1 rings (SSSR count). The van der Waals surface area contributed by atoms with Crippen molar-refractivity contribution in [3.63, 3.8) is 0 Å². The zero-order valence-corrected chi connectivity index (χ0v) is 11.4. The maximum absolute atomic E-state index is 12.0. The van der Waals surface area contributed by atoms with Crippen LogP contribution in [-0.4, -0.2) is 29.4 Å². The number of hydrogen-bond acceptors (Lipinski definition) is 4. The molecule has 1 aromatic rings. The van der Waals surface area contributed by atoms with Crippen molar-refractivity contribution in [1.82, 2.24) is 5.32 Å². The van der Waals surface area contributed by atoms with Crippen LogP contribution in [0.4, 0.5) is 8.78 Å². The molecule has 1 amide bonds. The summed E-state index contributed by atoms with van der Waals surface area (Å²) in [6.07, 6.45) is 1.27. The Balaban J connectivity index is 2.44. The van der Waals surface area contributed by atoms with Gasteiger partial charge in [0.1, 0.15) is 5.76 Å². The summed E-state index contributed by atoms with van der Waals surface area (Å²) in [4.78, 5) is 11.7. The van der Waals surface area contributed by atoms with E-state index < -0.39 is 5.76 Å². The molecule has 19 heavy (non-hydrogen) atoms.